The summed E-state index contributed by atoms with van der Waals surface area (Å²) in [6, 6.07) is 14.8. The molecule has 1 N–H and O–H groups in total. The summed E-state index contributed by atoms with van der Waals surface area (Å²) in [6.07, 6.45) is -5.44. The second-order valence-electron chi connectivity index (χ2n) is 5.88. The molecule has 1 heterocycles. The van der Waals surface area contributed by atoms with Crippen molar-refractivity contribution < 1.29 is 22.7 Å². The van der Waals surface area contributed by atoms with E-state index in [9.17, 15) is 18.0 Å². The molecule has 0 aliphatic rings. The number of aromatic nitrogens is 2. The van der Waals surface area contributed by atoms with Gasteiger partial charge in [0.2, 0.25) is 0 Å². The summed E-state index contributed by atoms with van der Waals surface area (Å²) in [6.45, 7) is 0.880. The number of para-hydroxylation sites is 1. The van der Waals surface area contributed by atoms with Gasteiger partial charge in [-0.15, -0.1) is 0 Å². The fourth-order valence-electron chi connectivity index (χ4n) is 2.60. The standard InChI is InChI=1S/C19H15ClF3N3O2/c1-12-16(11-28-18(27)24-14-7-3-2-4-8-14)26(25-17(12)19(21,22)23)15-9-5-6-13(20)10-15/h2-10H,11H2,1H3,(H,24,27). The van der Waals surface area contributed by atoms with Crippen LogP contribution in [0, 0.1) is 6.92 Å². The number of hydrogen-bond donors (Lipinski definition) is 1. The number of anilines is 1. The van der Waals surface area contributed by atoms with E-state index >= 15 is 0 Å². The zero-order valence-electron chi connectivity index (χ0n) is 14.6. The molecule has 0 radical (unpaired) electrons. The van der Waals surface area contributed by atoms with Crippen LogP contribution in [0.3, 0.4) is 0 Å². The maximum absolute atomic E-state index is 13.3. The molecule has 9 heteroatoms. The predicted octanol–water partition coefficient (Wildman–Crippen LogP) is 5.60. The van der Waals surface area contributed by atoms with Crippen molar-refractivity contribution in [2.45, 2.75) is 19.7 Å². The Morgan fingerprint density at radius 3 is 2.54 bits per heavy atom. The monoisotopic (exact) mass is 409 g/mol. The SMILES string of the molecule is Cc1c(C(F)(F)F)nn(-c2cccc(Cl)c2)c1COC(=O)Nc1ccccc1. The summed E-state index contributed by atoms with van der Waals surface area (Å²) in [4.78, 5) is 12.0. The maximum atomic E-state index is 13.3. The van der Waals surface area contributed by atoms with Crippen molar-refractivity contribution in [1.29, 1.82) is 0 Å². The van der Waals surface area contributed by atoms with Crippen molar-refractivity contribution in [3.8, 4) is 5.69 Å². The Hall–Kier alpha value is -3.00. The lowest BCUT2D eigenvalue weighted by Crippen LogP contribution is -2.15. The first-order valence-corrected chi connectivity index (χ1v) is 8.54. The molecule has 0 saturated heterocycles. The van der Waals surface area contributed by atoms with Gasteiger partial charge in [-0.3, -0.25) is 5.32 Å². The van der Waals surface area contributed by atoms with Crippen LogP contribution < -0.4 is 5.32 Å². The lowest BCUT2D eigenvalue weighted by Gasteiger charge is -2.10. The third-order valence-electron chi connectivity index (χ3n) is 3.93. The summed E-state index contributed by atoms with van der Waals surface area (Å²) >= 11 is 5.94. The first-order chi connectivity index (χ1) is 13.3. The highest BCUT2D eigenvalue weighted by molar-refractivity contribution is 6.30. The lowest BCUT2D eigenvalue weighted by atomic mass is 10.2. The van der Waals surface area contributed by atoms with Crippen LogP contribution in [0.2, 0.25) is 5.02 Å². The third kappa shape index (κ3) is 4.45. The largest absolute Gasteiger partial charge is 0.443 e. The molecule has 3 rings (SSSR count). The lowest BCUT2D eigenvalue weighted by molar-refractivity contribution is -0.141. The van der Waals surface area contributed by atoms with Crippen LogP contribution in [-0.4, -0.2) is 15.9 Å². The molecule has 0 aliphatic carbocycles. The van der Waals surface area contributed by atoms with Crippen LogP contribution in [-0.2, 0) is 17.5 Å². The smallest absolute Gasteiger partial charge is 0.435 e. The fraction of sp³-hybridized carbons (Fsp3) is 0.158. The number of nitrogens with one attached hydrogen (secondary N) is 1. The second-order valence-corrected chi connectivity index (χ2v) is 6.31. The molecular weight excluding hydrogens is 395 g/mol. The number of halogens is 4. The molecule has 0 saturated carbocycles. The quantitative estimate of drug-likeness (QED) is 0.610. The summed E-state index contributed by atoms with van der Waals surface area (Å²) in [5, 5.41) is 6.52. The van der Waals surface area contributed by atoms with E-state index in [4.69, 9.17) is 16.3 Å². The predicted molar refractivity (Wildman–Crippen MR) is 98.6 cm³/mol. The van der Waals surface area contributed by atoms with Crippen molar-refractivity contribution in [3.63, 3.8) is 0 Å². The molecule has 2 aromatic carbocycles. The minimum absolute atomic E-state index is 0.0952. The highest BCUT2D eigenvalue weighted by Gasteiger charge is 2.38. The van der Waals surface area contributed by atoms with Gasteiger partial charge in [-0.2, -0.15) is 18.3 Å². The highest BCUT2D eigenvalue weighted by atomic mass is 35.5. The van der Waals surface area contributed by atoms with Gasteiger partial charge in [-0.25, -0.2) is 9.48 Å². The molecule has 0 fully saturated rings. The van der Waals surface area contributed by atoms with Crippen LogP contribution in [0.5, 0.6) is 0 Å². The van der Waals surface area contributed by atoms with Crippen LogP contribution >= 0.6 is 11.6 Å². The van der Waals surface area contributed by atoms with Crippen molar-refractivity contribution >= 4 is 23.4 Å². The van der Waals surface area contributed by atoms with E-state index < -0.39 is 24.6 Å². The van der Waals surface area contributed by atoms with Gasteiger partial charge in [0.05, 0.1) is 11.4 Å². The Morgan fingerprint density at radius 1 is 1.18 bits per heavy atom. The topological polar surface area (TPSA) is 56.2 Å². The van der Waals surface area contributed by atoms with Crippen molar-refractivity contribution in [1.82, 2.24) is 9.78 Å². The highest BCUT2D eigenvalue weighted by Crippen LogP contribution is 2.33. The maximum Gasteiger partial charge on any atom is 0.435 e. The Labute approximate surface area is 163 Å². The van der Waals surface area contributed by atoms with E-state index in [0.717, 1.165) is 4.68 Å². The van der Waals surface area contributed by atoms with Gasteiger partial charge >= 0.3 is 12.3 Å². The van der Waals surface area contributed by atoms with E-state index in [0.29, 0.717) is 16.4 Å². The van der Waals surface area contributed by atoms with E-state index in [1.54, 1.807) is 48.5 Å². The molecule has 0 atom stereocenters. The number of nitrogens with zero attached hydrogens (tertiary/aromatic N) is 2. The number of ether oxygens (including phenoxy) is 1. The fourth-order valence-corrected chi connectivity index (χ4v) is 2.78. The molecule has 0 unspecified atom stereocenters. The number of carbonyl (C=O) groups is 1. The van der Waals surface area contributed by atoms with E-state index in [1.807, 2.05) is 0 Å². The van der Waals surface area contributed by atoms with E-state index in [2.05, 4.69) is 10.4 Å². The van der Waals surface area contributed by atoms with Crippen LogP contribution in [0.25, 0.3) is 5.69 Å². The molecule has 3 aromatic rings. The van der Waals surface area contributed by atoms with Gasteiger partial charge in [0.25, 0.3) is 0 Å². The van der Waals surface area contributed by atoms with Gasteiger partial charge in [0.1, 0.15) is 6.61 Å². The van der Waals surface area contributed by atoms with Crippen molar-refractivity contribution in [2.75, 3.05) is 5.32 Å². The number of alkyl halides is 3. The normalized spacial score (nSPS) is 11.3. The zero-order chi connectivity index (χ0) is 20.3. The summed E-state index contributed by atoms with van der Waals surface area (Å²) < 4.78 is 46.1. The Kier molecular flexibility index (Phi) is 5.60. The minimum Gasteiger partial charge on any atom is -0.443 e. The molecule has 1 aromatic heterocycles. The molecule has 28 heavy (non-hydrogen) atoms. The van der Waals surface area contributed by atoms with Crippen LogP contribution in [0.1, 0.15) is 17.0 Å². The molecular formula is C19H15ClF3N3O2. The second kappa shape index (κ2) is 7.93. The molecule has 146 valence electrons. The van der Waals surface area contributed by atoms with Crippen molar-refractivity contribution in [3.05, 3.63) is 76.6 Å². The molecule has 1 amide bonds. The van der Waals surface area contributed by atoms with Crippen molar-refractivity contribution in [2.24, 2.45) is 0 Å². The molecule has 0 bridgehead atoms. The minimum atomic E-state index is -4.64. The van der Waals surface area contributed by atoms with Crippen LogP contribution in [0.4, 0.5) is 23.7 Å². The Morgan fingerprint density at radius 2 is 1.89 bits per heavy atom. The summed E-state index contributed by atoms with van der Waals surface area (Å²) in [5.41, 5.74) is -0.246. The van der Waals surface area contributed by atoms with E-state index in [-0.39, 0.29) is 11.3 Å². The number of amides is 1. The van der Waals surface area contributed by atoms with Gasteiger partial charge in [-0.1, -0.05) is 35.9 Å². The number of carbonyl (C=O) groups excluding carboxylic acids is 1. The van der Waals surface area contributed by atoms with E-state index in [1.165, 1.54) is 13.0 Å². The third-order valence-corrected chi connectivity index (χ3v) is 4.16. The number of benzene rings is 2. The zero-order valence-corrected chi connectivity index (χ0v) is 15.4. The Balaban J connectivity index is 1.88. The molecule has 5 nitrogen and oxygen atoms in total. The Bertz CT molecular complexity index is 988. The summed E-state index contributed by atoms with van der Waals surface area (Å²) in [7, 11) is 0. The molecule has 0 spiro atoms. The number of hydrogen-bond acceptors (Lipinski definition) is 3. The average molecular weight is 410 g/mol. The first-order valence-electron chi connectivity index (χ1n) is 8.16. The van der Waals surface area contributed by atoms with Gasteiger partial charge in [0, 0.05) is 16.3 Å². The van der Waals surface area contributed by atoms with Gasteiger partial charge in [-0.05, 0) is 37.3 Å². The number of rotatable bonds is 4. The molecule has 0 aliphatic heterocycles. The summed E-state index contributed by atoms with van der Waals surface area (Å²) in [5.74, 6) is 0. The van der Waals surface area contributed by atoms with Gasteiger partial charge in [0.15, 0.2) is 5.69 Å². The van der Waals surface area contributed by atoms with Crippen LogP contribution in [0.15, 0.2) is 54.6 Å². The van der Waals surface area contributed by atoms with Gasteiger partial charge < -0.3 is 4.74 Å². The first kappa shape index (κ1) is 19.8. The average Bonchev–Trinajstić information content (AvgIpc) is 2.97.